The predicted octanol–water partition coefficient (Wildman–Crippen LogP) is 4.16. The number of hydrogen-bond donors (Lipinski definition) is 0. The van der Waals surface area contributed by atoms with E-state index in [1.807, 2.05) is 0 Å². The summed E-state index contributed by atoms with van der Waals surface area (Å²) in [7, 11) is 0. The third-order valence-corrected chi connectivity index (χ3v) is 1.96. The van der Waals surface area contributed by atoms with Gasteiger partial charge in [0.05, 0.1) is 5.56 Å². The molecule has 0 fully saturated rings. The lowest BCUT2D eigenvalue weighted by atomic mass is 10.1. The van der Waals surface area contributed by atoms with Gasteiger partial charge in [-0.1, -0.05) is 34.6 Å². The van der Waals surface area contributed by atoms with Crippen molar-refractivity contribution in [2.24, 2.45) is 0 Å². The second-order valence-corrected chi connectivity index (χ2v) is 4.01. The molecule has 1 aromatic carbocycles. The van der Waals surface area contributed by atoms with Crippen LogP contribution in [0.25, 0.3) is 0 Å². The molecule has 1 rings (SSSR count). The van der Waals surface area contributed by atoms with E-state index in [1.54, 1.807) is 0 Å². The van der Waals surface area contributed by atoms with Gasteiger partial charge in [-0.15, -0.1) is 0 Å². The van der Waals surface area contributed by atoms with Crippen LogP contribution in [0.15, 0.2) is 35.3 Å². The summed E-state index contributed by atoms with van der Waals surface area (Å²) in [5.41, 5.74) is 0.182. The van der Waals surface area contributed by atoms with Crippen LogP contribution >= 0.6 is 15.9 Å². The van der Waals surface area contributed by atoms with E-state index in [0.717, 1.165) is 22.2 Å². The van der Waals surface area contributed by atoms with Crippen LogP contribution in [0.1, 0.15) is 11.1 Å². The summed E-state index contributed by atoms with van der Waals surface area (Å²) >= 11 is 3.15. The quantitative estimate of drug-likeness (QED) is 0.753. The molecule has 0 heterocycles. The monoisotopic (exact) mass is 264 g/mol. The first-order valence-electron chi connectivity index (χ1n) is 3.89. The lowest BCUT2D eigenvalue weighted by molar-refractivity contribution is -0.137. The molecule has 0 aliphatic carbocycles. The van der Waals surface area contributed by atoms with Crippen molar-refractivity contribution >= 4 is 15.9 Å². The fourth-order valence-corrected chi connectivity index (χ4v) is 1.36. The number of alkyl halides is 3. The summed E-state index contributed by atoms with van der Waals surface area (Å²) in [6.45, 7) is 3.62. The van der Waals surface area contributed by atoms with Crippen molar-refractivity contribution in [3.05, 3.63) is 46.5 Å². The van der Waals surface area contributed by atoms with Gasteiger partial charge in [0.25, 0.3) is 0 Å². The first-order valence-corrected chi connectivity index (χ1v) is 4.68. The van der Waals surface area contributed by atoms with Gasteiger partial charge in [0.15, 0.2) is 0 Å². The van der Waals surface area contributed by atoms with Crippen molar-refractivity contribution in [1.29, 1.82) is 0 Å². The third-order valence-electron chi connectivity index (χ3n) is 1.68. The van der Waals surface area contributed by atoms with Crippen LogP contribution < -0.4 is 0 Å². The molecular weight excluding hydrogens is 257 g/mol. The fraction of sp³-hybridized carbons (Fsp3) is 0.200. The highest BCUT2D eigenvalue weighted by Gasteiger charge is 2.29. The van der Waals surface area contributed by atoms with Gasteiger partial charge in [0.1, 0.15) is 0 Å². The van der Waals surface area contributed by atoms with Crippen molar-refractivity contribution < 1.29 is 13.2 Å². The molecule has 4 heteroatoms. The van der Waals surface area contributed by atoms with Gasteiger partial charge in [-0.05, 0) is 22.2 Å². The lowest BCUT2D eigenvalue weighted by Crippen LogP contribution is -2.04. The molecule has 0 amide bonds. The minimum atomic E-state index is -4.26. The van der Waals surface area contributed by atoms with E-state index in [-0.39, 0.29) is 0 Å². The highest BCUT2D eigenvalue weighted by atomic mass is 79.9. The molecule has 0 saturated carbocycles. The SMILES string of the molecule is C=C(Br)Cc1ccc(C(F)(F)F)cc1. The van der Waals surface area contributed by atoms with Crippen LogP contribution in [0, 0.1) is 0 Å². The summed E-state index contributed by atoms with van der Waals surface area (Å²) in [4.78, 5) is 0. The van der Waals surface area contributed by atoms with Crippen LogP contribution in [0.3, 0.4) is 0 Å². The molecule has 1 aromatic rings. The van der Waals surface area contributed by atoms with Gasteiger partial charge in [-0.3, -0.25) is 0 Å². The van der Waals surface area contributed by atoms with Gasteiger partial charge in [0, 0.05) is 6.42 Å². The first kappa shape index (κ1) is 11.3. The zero-order chi connectivity index (χ0) is 10.8. The van der Waals surface area contributed by atoms with E-state index in [4.69, 9.17) is 0 Å². The van der Waals surface area contributed by atoms with E-state index in [2.05, 4.69) is 22.5 Å². The molecule has 0 unspecified atom stereocenters. The smallest absolute Gasteiger partial charge is 0.166 e. The van der Waals surface area contributed by atoms with E-state index in [1.165, 1.54) is 12.1 Å². The molecule has 0 aliphatic rings. The number of halogens is 4. The minimum absolute atomic E-state index is 0.540. The Morgan fingerprint density at radius 1 is 1.21 bits per heavy atom. The first-order chi connectivity index (χ1) is 6.39. The van der Waals surface area contributed by atoms with Crippen molar-refractivity contribution in [3.8, 4) is 0 Å². The van der Waals surface area contributed by atoms with E-state index < -0.39 is 11.7 Å². The Bertz CT molecular complexity index is 324. The number of benzene rings is 1. The summed E-state index contributed by atoms with van der Waals surface area (Å²) in [5, 5.41) is 0. The largest absolute Gasteiger partial charge is 0.416 e. The molecule has 0 atom stereocenters. The summed E-state index contributed by atoms with van der Waals surface area (Å²) < 4.78 is 37.2. The maximum absolute atomic E-state index is 12.2. The molecule has 0 nitrogen and oxygen atoms in total. The molecule has 0 radical (unpaired) electrons. The normalized spacial score (nSPS) is 11.4. The van der Waals surface area contributed by atoms with E-state index >= 15 is 0 Å². The van der Waals surface area contributed by atoms with Crippen LogP contribution in [0.4, 0.5) is 13.2 Å². The molecule has 76 valence electrons. The second-order valence-electron chi connectivity index (χ2n) is 2.89. The maximum Gasteiger partial charge on any atom is 0.416 e. The van der Waals surface area contributed by atoms with Crippen LogP contribution in [0.5, 0.6) is 0 Å². The molecule has 0 N–H and O–H groups in total. The Hall–Kier alpha value is -0.770. The van der Waals surface area contributed by atoms with Gasteiger partial charge in [-0.2, -0.15) is 13.2 Å². The predicted molar refractivity (Wildman–Crippen MR) is 53.2 cm³/mol. The number of allylic oxidation sites excluding steroid dienone is 1. The highest BCUT2D eigenvalue weighted by Crippen LogP contribution is 2.29. The Morgan fingerprint density at radius 2 is 1.71 bits per heavy atom. The molecule has 0 saturated heterocycles. The molecule has 14 heavy (non-hydrogen) atoms. The van der Waals surface area contributed by atoms with Crippen molar-refractivity contribution in [3.63, 3.8) is 0 Å². The average Bonchev–Trinajstić information content (AvgIpc) is 2.02. The summed E-state index contributed by atoms with van der Waals surface area (Å²) in [6.07, 6.45) is -3.72. The number of rotatable bonds is 2. The molecular formula is C10H8BrF3. The topological polar surface area (TPSA) is 0 Å². The van der Waals surface area contributed by atoms with Crippen LogP contribution in [-0.4, -0.2) is 0 Å². The summed E-state index contributed by atoms with van der Waals surface area (Å²) in [5.74, 6) is 0. The van der Waals surface area contributed by atoms with Gasteiger partial charge in [0.2, 0.25) is 0 Å². The van der Waals surface area contributed by atoms with Crippen molar-refractivity contribution in [2.75, 3.05) is 0 Å². The summed E-state index contributed by atoms with van der Waals surface area (Å²) in [6, 6.07) is 5.06. The standard InChI is InChI=1S/C10H8BrF3/c1-7(11)6-8-2-4-9(5-3-8)10(12,13)14/h2-5H,1,6H2. The highest BCUT2D eigenvalue weighted by molar-refractivity contribution is 9.11. The number of hydrogen-bond acceptors (Lipinski definition) is 0. The van der Waals surface area contributed by atoms with Crippen LogP contribution in [0.2, 0.25) is 0 Å². The lowest BCUT2D eigenvalue weighted by Gasteiger charge is -2.06. The Morgan fingerprint density at radius 3 is 2.07 bits per heavy atom. The molecule has 0 aliphatic heterocycles. The zero-order valence-corrected chi connectivity index (χ0v) is 8.82. The fourth-order valence-electron chi connectivity index (χ4n) is 1.03. The Labute approximate surface area is 88.6 Å². The minimum Gasteiger partial charge on any atom is -0.166 e. The van der Waals surface area contributed by atoms with Crippen LogP contribution in [-0.2, 0) is 12.6 Å². The van der Waals surface area contributed by atoms with Gasteiger partial charge < -0.3 is 0 Å². The van der Waals surface area contributed by atoms with Crippen molar-refractivity contribution in [2.45, 2.75) is 12.6 Å². The van der Waals surface area contributed by atoms with E-state index in [0.29, 0.717) is 6.42 Å². The molecule has 0 bridgehead atoms. The average molecular weight is 265 g/mol. The molecule has 0 spiro atoms. The van der Waals surface area contributed by atoms with Gasteiger partial charge in [-0.25, -0.2) is 0 Å². The van der Waals surface area contributed by atoms with E-state index in [9.17, 15) is 13.2 Å². The van der Waals surface area contributed by atoms with Gasteiger partial charge >= 0.3 is 6.18 Å². The van der Waals surface area contributed by atoms with Crippen molar-refractivity contribution in [1.82, 2.24) is 0 Å². The molecule has 0 aromatic heterocycles. The Balaban J connectivity index is 2.84. The zero-order valence-electron chi connectivity index (χ0n) is 7.24. The second kappa shape index (κ2) is 4.17. The maximum atomic E-state index is 12.2. The third kappa shape index (κ3) is 3.18. The Kier molecular flexibility index (Phi) is 3.37.